The minimum atomic E-state index is -0.250. The van der Waals surface area contributed by atoms with Crippen LogP contribution in [0.25, 0.3) is 0 Å². The lowest BCUT2D eigenvalue weighted by atomic mass is 10.0. The Labute approximate surface area is 202 Å². The van der Waals surface area contributed by atoms with Crippen LogP contribution < -0.4 is 4.74 Å². The first-order valence-corrected chi connectivity index (χ1v) is 11.6. The molecule has 2 aliphatic carbocycles. The number of carboxylic acid groups (broad SMARTS) is 2. The fourth-order valence-electron chi connectivity index (χ4n) is 5.08. The van der Waals surface area contributed by atoms with Gasteiger partial charge in [0.25, 0.3) is 12.9 Å². The van der Waals surface area contributed by atoms with E-state index < -0.39 is 0 Å². The zero-order chi connectivity index (χ0) is 24.9. The Balaban J connectivity index is 0.000000618. The van der Waals surface area contributed by atoms with E-state index in [2.05, 4.69) is 60.2 Å². The standard InChI is InChI=1S/C24H33N3O.2CH2O2/c1-26(2)22-12-19-14-23(15-20(19)13-22)27(3)16-18-7-9-24(10-8-18)28-17-21-6-4-5-11-25-21;2*2-1-3/h4-11,19-20,22-23H,12-17H2,1-3H3;2*1H,(H,2,3)/t19-,20+,22?,23?;;. The van der Waals surface area contributed by atoms with Crippen molar-refractivity contribution in [1.82, 2.24) is 14.8 Å². The van der Waals surface area contributed by atoms with Crippen molar-refractivity contribution in [2.24, 2.45) is 11.8 Å². The second kappa shape index (κ2) is 14.3. The quantitative estimate of drug-likeness (QED) is 0.591. The van der Waals surface area contributed by atoms with Crippen molar-refractivity contribution < 1.29 is 24.5 Å². The van der Waals surface area contributed by atoms with Gasteiger partial charge < -0.3 is 19.8 Å². The Bertz CT molecular complexity index is 827. The van der Waals surface area contributed by atoms with Crippen molar-refractivity contribution in [2.45, 2.75) is 50.9 Å². The highest BCUT2D eigenvalue weighted by Gasteiger charge is 2.43. The van der Waals surface area contributed by atoms with Gasteiger partial charge in [-0.05, 0) is 88.5 Å². The largest absolute Gasteiger partial charge is 0.487 e. The number of pyridine rings is 1. The first-order valence-electron chi connectivity index (χ1n) is 11.6. The summed E-state index contributed by atoms with van der Waals surface area (Å²) in [6, 6.07) is 16.0. The number of hydrogen-bond acceptors (Lipinski definition) is 6. The molecule has 2 N–H and O–H groups in total. The van der Waals surface area contributed by atoms with E-state index in [1.807, 2.05) is 18.2 Å². The monoisotopic (exact) mass is 471 g/mol. The summed E-state index contributed by atoms with van der Waals surface area (Å²) in [7, 11) is 6.76. The van der Waals surface area contributed by atoms with Gasteiger partial charge in [-0.3, -0.25) is 19.5 Å². The van der Waals surface area contributed by atoms with Gasteiger partial charge in [-0.2, -0.15) is 0 Å². The van der Waals surface area contributed by atoms with E-state index in [9.17, 15) is 0 Å². The lowest BCUT2D eigenvalue weighted by Gasteiger charge is -2.27. The molecule has 1 aromatic carbocycles. The first kappa shape index (κ1) is 27.3. The predicted octanol–water partition coefficient (Wildman–Crippen LogP) is 3.61. The minimum absolute atomic E-state index is 0.250. The molecule has 1 aromatic heterocycles. The number of fused-ring (bicyclic) bond motifs is 1. The van der Waals surface area contributed by atoms with Gasteiger partial charge in [0.15, 0.2) is 0 Å². The molecule has 34 heavy (non-hydrogen) atoms. The third-order valence-electron chi connectivity index (χ3n) is 6.79. The van der Waals surface area contributed by atoms with Crippen LogP contribution in [-0.4, -0.2) is 71.2 Å². The summed E-state index contributed by atoms with van der Waals surface area (Å²) in [5.41, 5.74) is 2.31. The lowest BCUT2D eigenvalue weighted by molar-refractivity contribution is -0.123. The third-order valence-corrected chi connectivity index (χ3v) is 6.79. The molecule has 2 aliphatic rings. The molecule has 0 saturated heterocycles. The van der Waals surface area contributed by atoms with Gasteiger partial charge in [-0.25, -0.2) is 0 Å². The van der Waals surface area contributed by atoms with E-state index in [0.717, 1.165) is 41.9 Å². The summed E-state index contributed by atoms with van der Waals surface area (Å²) < 4.78 is 5.85. The molecule has 0 radical (unpaired) electrons. The number of hydrogen-bond donors (Lipinski definition) is 2. The predicted molar refractivity (Wildman–Crippen MR) is 131 cm³/mol. The maximum atomic E-state index is 8.36. The summed E-state index contributed by atoms with van der Waals surface area (Å²) in [6.45, 7) is 1.03. The molecular formula is C26H37N3O5. The van der Waals surface area contributed by atoms with Gasteiger partial charge in [0, 0.05) is 24.8 Å². The number of ether oxygens (including phenoxy) is 1. The lowest BCUT2D eigenvalue weighted by Crippen LogP contribution is -2.31. The van der Waals surface area contributed by atoms with Gasteiger partial charge >= 0.3 is 0 Å². The molecule has 2 saturated carbocycles. The topological polar surface area (TPSA) is 103 Å². The maximum absolute atomic E-state index is 8.36. The van der Waals surface area contributed by atoms with Crippen LogP contribution >= 0.6 is 0 Å². The van der Waals surface area contributed by atoms with Crippen molar-refractivity contribution in [2.75, 3.05) is 21.1 Å². The fraction of sp³-hybridized carbons (Fsp3) is 0.500. The van der Waals surface area contributed by atoms with Crippen LogP contribution in [0.2, 0.25) is 0 Å². The van der Waals surface area contributed by atoms with Crippen molar-refractivity contribution in [3.8, 4) is 5.75 Å². The van der Waals surface area contributed by atoms with Crippen LogP contribution in [-0.2, 0) is 22.7 Å². The molecule has 2 fully saturated rings. The summed E-state index contributed by atoms with van der Waals surface area (Å²) in [4.78, 5) is 26.0. The van der Waals surface area contributed by atoms with Crippen molar-refractivity contribution in [3.63, 3.8) is 0 Å². The molecule has 2 unspecified atom stereocenters. The van der Waals surface area contributed by atoms with Crippen LogP contribution in [0.3, 0.4) is 0 Å². The van der Waals surface area contributed by atoms with Crippen LogP contribution in [0, 0.1) is 11.8 Å². The van der Waals surface area contributed by atoms with Gasteiger partial charge in [-0.1, -0.05) is 18.2 Å². The van der Waals surface area contributed by atoms with Gasteiger partial charge in [-0.15, -0.1) is 0 Å². The summed E-state index contributed by atoms with van der Waals surface area (Å²) >= 11 is 0. The third kappa shape index (κ3) is 8.43. The van der Waals surface area contributed by atoms with Gasteiger partial charge in [0.1, 0.15) is 12.4 Å². The molecule has 0 bridgehead atoms. The minimum Gasteiger partial charge on any atom is -0.487 e. The molecule has 8 heteroatoms. The summed E-state index contributed by atoms with van der Waals surface area (Å²) in [5.74, 6) is 2.77. The Morgan fingerprint density at radius 3 is 1.97 bits per heavy atom. The Morgan fingerprint density at radius 1 is 0.912 bits per heavy atom. The first-order chi connectivity index (χ1) is 16.4. The van der Waals surface area contributed by atoms with Crippen LogP contribution in [0.15, 0.2) is 48.7 Å². The van der Waals surface area contributed by atoms with Crippen molar-refractivity contribution in [3.05, 3.63) is 59.9 Å². The zero-order valence-corrected chi connectivity index (χ0v) is 20.3. The average Bonchev–Trinajstić information content (AvgIpc) is 3.40. The van der Waals surface area contributed by atoms with Crippen LogP contribution in [0.1, 0.15) is 36.9 Å². The van der Waals surface area contributed by atoms with Gasteiger partial charge in [0.05, 0.1) is 5.69 Å². The van der Waals surface area contributed by atoms with E-state index in [0.29, 0.717) is 6.61 Å². The summed E-state index contributed by atoms with van der Waals surface area (Å²) in [5, 5.41) is 13.8. The van der Waals surface area contributed by atoms with Crippen molar-refractivity contribution >= 4 is 12.9 Å². The highest BCUT2D eigenvalue weighted by atomic mass is 16.5. The number of aromatic nitrogens is 1. The number of nitrogens with zero attached hydrogens (tertiary/aromatic N) is 3. The van der Waals surface area contributed by atoms with E-state index in [4.69, 9.17) is 24.5 Å². The van der Waals surface area contributed by atoms with Crippen molar-refractivity contribution in [1.29, 1.82) is 0 Å². The SMILES string of the molecule is CN(C)C1C[C@@H]2CC(N(C)Cc3ccc(OCc4ccccn4)cc3)C[C@@H]2C1.O=CO.O=CO. The van der Waals surface area contributed by atoms with E-state index in [1.54, 1.807) is 6.20 Å². The molecule has 4 rings (SSSR count). The molecule has 0 amide bonds. The Hall–Kier alpha value is -2.97. The molecule has 2 aromatic rings. The number of carbonyl (C=O) groups is 2. The molecule has 1 heterocycles. The molecule has 186 valence electrons. The molecule has 0 aliphatic heterocycles. The Kier molecular flexibility index (Phi) is 11.5. The Morgan fingerprint density at radius 2 is 1.47 bits per heavy atom. The second-order valence-corrected chi connectivity index (χ2v) is 9.11. The molecule has 0 spiro atoms. The average molecular weight is 472 g/mol. The highest BCUT2D eigenvalue weighted by molar-refractivity contribution is 5.33. The van der Waals surface area contributed by atoms with E-state index >= 15 is 0 Å². The molecular weight excluding hydrogens is 434 g/mol. The molecule has 4 atom stereocenters. The fourth-order valence-corrected chi connectivity index (χ4v) is 5.08. The normalized spacial score (nSPS) is 22.7. The van der Waals surface area contributed by atoms with Gasteiger partial charge in [0.2, 0.25) is 0 Å². The number of benzene rings is 1. The van der Waals surface area contributed by atoms with Crippen LogP contribution in [0.5, 0.6) is 5.75 Å². The van der Waals surface area contributed by atoms with E-state index in [-0.39, 0.29) is 12.9 Å². The van der Waals surface area contributed by atoms with E-state index in [1.165, 1.54) is 31.2 Å². The summed E-state index contributed by atoms with van der Waals surface area (Å²) in [6.07, 6.45) is 7.33. The second-order valence-electron chi connectivity index (χ2n) is 9.11. The smallest absolute Gasteiger partial charge is 0.290 e. The number of rotatable bonds is 7. The maximum Gasteiger partial charge on any atom is 0.290 e. The highest BCUT2D eigenvalue weighted by Crippen LogP contribution is 2.46. The van der Waals surface area contributed by atoms with Crippen LogP contribution in [0.4, 0.5) is 0 Å². The molecule has 8 nitrogen and oxygen atoms in total. The zero-order valence-electron chi connectivity index (χ0n) is 20.3.